The summed E-state index contributed by atoms with van der Waals surface area (Å²) in [5.41, 5.74) is 3.00. The molecule has 3 aliphatic rings. The van der Waals surface area contributed by atoms with Crippen molar-refractivity contribution in [1.82, 2.24) is 5.32 Å². The van der Waals surface area contributed by atoms with Gasteiger partial charge in [-0.25, -0.2) is 0 Å². The van der Waals surface area contributed by atoms with Gasteiger partial charge in [0.1, 0.15) is 0 Å². The lowest BCUT2D eigenvalue weighted by atomic mass is 10.0. The van der Waals surface area contributed by atoms with Crippen LogP contribution in [0.5, 0.6) is 0 Å². The fraction of sp³-hybridized carbons (Fsp3) is 0.625. The Balaban J connectivity index is 1.51. The van der Waals surface area contributed by atoms with Gasteiger partial charge >= 0.3 is 0 Å². The second-order valence-electron chi connectivity index (χ2n) is 6.13. The Kier molecular flexibility index (Phi) is 3.17. The second-order valence-corrected chi connectivity index (χ2v) is 6.99. The fourth-order valence-electron chi connectivity index (χ4n) is 3.72. The molecule has 2 aliphatic carbocycles. The summed E-state index contributed by atoms with van der Waals surface area (Å²) in [6.07, 6.45) is 6.82. The highest BCUT2D eigenvalue weighted by Gasteiger charge is 2.41. The summed E-state index contributed by atoms with van der Waals surface area (Å²) in [6, 6.07) is 7.70. The third-order valence-electron chi connectivity index (χ3n) is 4.85. The first-order valence-corrected chi connectivity index (χ1v) is 8.27. The molecular formula is C16H20BrNO. The molecule has 4 rings (SSSR count). The van der Waals surface area contributed by atoms with Crippen LogP contribution in [-0.4, -0.2) is 18.8 Å². The number of hydrogen-bond acceptors (Lipinski definition) is 2. The van der Waals surface area contributed by atoms with Gasteiger partial charge in [0.05, 0.1) is 6.10 Å². The Hall–Kier alpha value is -0.380. The van der Waals surface area contributed by atoms with Crippen LogP contribution in [0.2, 0.25) is 0 Å². The zero-order valence-corrected chi connectivity index (χ0v) is 12.7. The van der Waals surface area contributed by atoms with E-state index in [0.29, 0.717) is 18.2 Å². The largest absolute Gasteiger partial charge is 0.376 e. The fourth-order valence-corrected chi connectivity index (χ4v) is 4.30. The van der Waals surface area contributed by atoms with Gasteiger partial charge < -0.3 is 10.1 Å². The predicted octanol–water partition coefficient (Wildman–Crippen LogP) is 3.59. The molecule has 1 heterocycles. The standard InChI is InChI=1S/C16H20BrNO/c17-13-3-1-2-12-11(13)6-7-14(12)18-15-8-9-19-16(15)10-4-5-10/h1-3,10,14-16,18H,4-9H2. The minimum absolute atomic E-state index is 0.483. The summed E-state index contributed by atoms with van der Waals surface area (Å²) in [5, 5.41) is 3.89. The second kappa shape index (κ2) is 4.87. The summed E-state index contributed by atoms with van der Waals surface area (Å²) in [4.78, 5) is 0. The topological polar surface area (TPSA) is 21.3 Å². The predicted molar refractivity (Wildman–Crippen MR) is 79.2 cm³/mol. The number of hydrogen-bond donors (Lipinski definition) is 1. The van der Waals surface area contributed by atoms with Crippen molar-refractivity contribution in [3.05, 3.63) is 33.8 Å². The number of fused-ring (bicyclic) bond motifs is 1. The zero-order valence-electron chi connectivity index (χ0n) is 11.1. The summed E-state index contributed by atoms with van der Waals surface area (Å²) >= 11 is 3.68. The smallest absolute Gasteiger partial charge is 0.0757 e. The van der Waals surface area contributed by atoms with Crippen LogP contribution < -0.4 is 5.32 Å². The van der Waals surface area contributed by atoms with E-state index in [4.69, 9.17) is 4.74 Å². The summed E-state index contributed by atoms with van der Waals surface area (Å²) < 4.78 is 7.21. The van der Waals surface area contributed by atoms with Crippen LogP contribution in [0.3, 0.4) is 0 Å². The van der Waals surface area contributed by atoms with Gasteiger partial charge in [0.2, 0.25) is 0 Å². The van der Waals surface area contributed by atoms with Crippen LogP contribution in [0, 0.1) is 5.92 Å². The maximum absolute atomic E-state index is 5.94. The Morgan fingerprint density at radius 3 is 2.89 bits per heavy atom. The highest BCUT2D eigenvalue weighted by Crippen LogP contribution is 2.41. The highest BCUT2D eigenvalue weighted by atomic mass is 79.9. The van der Waals surface area contributed by atoms with E-state index in [-0.39, 0.29) is 0 Å². The SMILES string of the molecule is Brc1cccc2c1CCC2NC1CCOC1C1CC1. The lowest BCUT2D eigenvalue weighted by Crippen LogP contribution is -2.39. The van der Waals surface area contributed by atoms with E-state index in [9.17, 15) is 0 Å². The molecule has 102 valence electrons. The number of benzene rings is 1. The average molecular weight is 322 g/mol. The molecule has 3 heteroatoms. The van der Waals surface area contributed by atoms with E-state index < -0.39 is 0 Å². The number of nitrogens with one attached hydrogen (secondary N) is 1. The van der Waals surface area contributed by atoms with Crippen LogP contribution in [0.25, 0.3) is 0 Å². The van der Waals surface area contributed by atoms with Gasteiger partial charge in [-0.05, 0) is 55.2 Å². The molecule has 0 radical (unpaired) electrons. The number of ether oxygens (including phenoxy) is 1. The molecule has 3 atom stereocenters. The van der Waals surface area contributed by atoms with Gasteiger partial charge in [-0.2, -0.15) is 0 Å². The Morgan fingerprint density at radius 2 is 2.05 bits per heavy atom. The lowest BCUT2D eigenvalue weighted by molar-refractivity contribution is 0.0788. The van der Waals surface area contributed by atoms with Crippen LogP contribution in [0.1, 0.15) is 42.9 Å². The van der Waals surface area contributed by atoms with Crippen molar-refractivity contribution in [1.29, 1.82) is 0 Å². The first kappa shape index (κ1) is 12.4. The van der Waals surface area contributed by atoms with E-state index in [2.05, 4.69) is 39.4 Å². The molecule has 1 aromatic rings. The minimum Gasteiger partial charge on any atom is -0.376 e. The van der Waals surface area contributed by atoms with Gasteiger partial charge in [0.25, 0.3) is 0 Å². The minimum atomic E-state index is 0.483. The first-order chi connectivity index (χ1) is 9.33. The molecular weight excluding hydrogens is 302 g/mol. The average Bonchev–Trinajstić information content (AvgIpc) is 3.01. The summed E-state index contributed by atoms with van der Waals surface area (Å²) in [7, 11) is 0. The Bertz CT molecular complexity index is 486. The third-order valence-corrected chi connectivity index (χ3v) is 5.59. The van der Waals surface area contributed by atoms with Gasteiger partial charge in [-0.3, -0.25) is 0 Å². The zero-order chi connectivity index (χ0) is 12.8. The van der Waals surface area contributed by atoms with E-state index >= 15 is 0 Å². The highest BCUT2D eigenvalue weighted by molar-refractivity contribution is 9.10. The van der Waals surface area contributed by atoms with Crippen LogP contribution in [0.15, 0.2) is 22.7 Å². The number of halogens is 1. The normalized spacial score (nSPS) is 33.6. The van der Waals surface area contributed by atoms with Crippen LogP contribution in [0.4, 0.5) is 0 Å². The molecule has 0 amide bonds. The molecule has 1 aliphatic heterocycles. The van der Waals surface area contributed by atoms with Crippen molar-refractivity contribution in [2.24, 2.45) is 5.92 Å². The summed E-state index contributed by atoms with van der Waals surface area (Å²) in [6.45, 7) is 0.941. The van der Waals surface area contributed by atoms with E-state index in [1.165, 1.54) is 47.7 Å². The van der Waals surface area contributed by atoms with Crippen molar-refractivity contribution < 1.29 is 4.74 Å². The molecule has 2 fully saturated rings. The molecule has 3 unspecified atom stereocenters. The third kappa shape index (κ3) is 2.26. The molecule has 1 N–H and O–H groups in total. The number of rotatable bonds is 3. The molecule has 0 aromatic heterocycles. The van der Waals surface area contributed by atoms with Crippen molar-refractivity contribution in [3.63, 3.8) is 0 Å². The van der Waals surface area contributed by atoms with E-state index in [1.807, 2.05) is 0 Å². The van der Waals surface area contributed by atoms with Crippen molar-refractivity contribution in [3.8, 4) is 0 Å². The lowest BCUT2D eigenvalue weighted by Gasteiger charge is -2.24. The molecule has 1 saturated carbocycles. The molecule has 0 bridgehead atoms. The van der Waals surface area contributed by atoms with Gasteiger partial charge in [0.15, 0.2) is 0 Å². The first-order valence-electron chi connectivity index (χ1n) is 7.48. The van der Waals surface area contributed by atoms with Crippen molar-refractivity contribution in [2.45, 2.75) is 50.3 Å². The monoisotopic (exact) mass is 321 g/mol. The van der Waals surface area contributed by atoms with E-state index in [1.54, 1.807) is 0 Å². The van der Waals surface area contributed by atoms with Gasteiger partial charge in [0, 0.05) is 23.2 Å². The van der Waals surface area contributed by atoms with Crippen LogP contribution >= 0.6 is 15.9 Å². The summed E-state index contributed by atoms with van der Waals surface area (Å²) in [5.74, 6) is 0.836. The van der Waals surface area contributed by atoms with Crippen molar-refractivity contribution >= 4 is 15.9 Å². The maximum atomic E-state index is 5.94. The molecule has 1 saturated heterocycles. The Morgan fingerprint density at radius 1 is 1.16 bits per heavy atom. The van der Waals surface area contributed by atoms with Gasteiger partial charge in [-0.1, -0.05) is 28.1 Å². The van der Waals surface area contributed by atoms with Crippen molar-refractivity contribution in [2.75, 3.05) is 6.61 Å². The maximum Gasteiger partial charge on any atom is 0.0757 e. The van der Waals surface area contributed by atoms with Crippen LogP contribution in [-0.2, 0) is 11.2 Å². The van der Waals surface area contributed by atoms with Gasteiger partial charge in [-0.15, -0.1) is 0 Å². The molecule has 1 aromatic carbocycles. The Labute approximate surface area is 123 Å². The molecule has 2 nitrogen and oxygen atoms in total. The molecule has 0 spiro atoms. The molecule has 19 heavy (non-hydrogen) atoms. The quantitative estimate of drug-likeness (QED) is 0.918. The van der Waals surface area contributed by atoms with E-state index in [0.717, 1.165) is 12.5 Å².